The summed E-state index contributed by atoms with van der Waals surface area (Å²) < 4.78 is 6.40. The van der Waals surface area contributed by atoms with Gasteiger partial charge in [0.15, 0.2) is 4.67 Å². The maximum absolute atomic E-state index is 6.36. The van der Waals surface area contributed by atoms with E-state index in [1.165, 1.54) is 0 Å². The van der Waals surface area contributed by atoms with Gasteiger partial charge in [0, 0.05) is 4.88 Å². The smallest absolute Gasteiger partial charge is 0.169 e. The summed E-state index contributed by atoms with van der Waals surface area (Å²) in [5.74, 6) is 0.888. The number of halogens is 2. The molecule has 2 aromatic rings. The second-order valence-electron chi connectivity index (χ2n) is 4.13. The summed E-state index contributed by atoms with van der Waals surface area (Å²) >= 11 is 11.4. The van der Waals surface area contributed by atoms with Crippen LogP contribution in [0.5, 0.6) is 0 Å². The summed E-state index contributed by atoms with van der Waals surface area (Å²) in [6.07, 6.45) is 1.07. The van der Waals surface area contributed by atoms with Crippen LogP contribution in [-0.2, 0) is 0 Å². The Kier molecular flexibility index (Phi) is 4.90. The molecule has 0 bridgehead atoms. The minimum atomic E-state index is 0.0300. The largest absolute Gasteiger partial charge is 0.452 e. The van der Waals surface area contributed by atoms with Gasteiger partial charge in [-0.25, -0.2) is 0 Å². The predicted molar refractivity (Wildman–Crippen MR) is 80.6 cm³/mol. The van der Waals surface area contributed by atoms with Crippen LogP contribution < -0.4 is 5.32 Å². The molecular formula is C13H15BrClNOS. The Balaban J connectivity index is 2.33. The second kappa shape index (κ2) is 6.24. The molecule has 1 unspecified atom stereocenters. The third-order valence-corrected chi connectivity index (χ3v) is 4.87. The molecule has 1 atom stereocenters. The highest BCUT2D eigenvalue weighted by Gasteiger charge is 2.22. The fourth-order valence-corrected chi connectivity index (χ4v) is 3.44. The van der Waals surface area contributed by atoms with Gasteiger partial charge in [-0.1, -0.05) is 18.5 Å². The summed E-state index contributed by atoms with van der Waals surface area (Å²) in [5.41, 5.74) is 1.12. The maximum Gasteiger partial charge on any atom is 0.169 e. The first kappa shape index (κ1) is 14.1. The Bertz CT molecular complexity index is 523. The van der Waals surface area contributed by atoms with Crippen LogP contribution in [0.4, 0.5) is 0 Å². The minimum absolute atomic E-state index is 0.0300. The predicted octanol–water partition coefficient (Wildman–Crippen LogP) is 5.15. The fraction of sp³-hybridized carbons (Fsp3) is 0.385. The van der Waals surface area contributed by atoms with Gasteiger partial charge < -0.3 is 9.73 Å². The summed E-state index contributed by atoms with van der Waals surface area (Å²) in [6, 6.07) is 3.91. The van der Waals surface area contributed by atoms with Crippen molar-refractivity contribution in [1.82, 2.24) is 5.32 Å². The van der Waals surface area contributed by atoms with E-state index in [0.717, 1.165) is 38.9 Å². The third-order valence-electron chi connectivity index (χ3n) is 2.66. The van der Waals surface area contributed by atoms with Crippen molar-refractivity contribution in [2.75, 3.05) is 6.54 Å². The van der Waals surface area contributed by atoms with E-state index < -0.39 is 0 Å². The van der Waals surface area contributed by atoms with Gasteiger partial charge in [0.1, 0.15) is 11.8 Å². The van der Waals surface area contributed by atoms with Crippen molar-refractivity contribution in [3.63, 3.8) is 0 Å². The Hall–Kier alpha value is -0.290. The van der Waals surface area contributed by atoms with E-state index >= 15 is 0 Å². The third kappa shape index (κ3) is 2.99. The molecule has 1 N–H and O–H groups in total. The van der Waals surface area contributed by atoms with Gasteiger partial charge in [0.2, 0.25) is 0 Å². The molecule has 2 heterocycles. The van der Waals surface area contributed by atoms with Gasteiger partial charge in [0.25, 0.3) is 0 Å². The molecule has 5 heteroatoms. The Morgan fingerprint density at radius 1 is 1.50 bits per heavy atom. The Labute approximate surface area is 124 Å². The molecule has 0 saturated heterocycles. The summed E-state index contributed by atoms with van der Waals surface area (Å²) in [6.45, 7) is 5.09. The van der Waals surface area contributed by atoms with E-state index in [1.54, 1.807) is 11.3 Å². The van der Waals surface area contributed by atoms with Crippen molar-refractivity contribution >= 4 is 38.9 Å². The average molecular weight is 349 g/mol. The van der Waals surface area contributed by atoms with Crippen LogP contribution in [0, 0.1) is 6.92 Å². The number of rotatable bonds is 5. The monoisotopic (exact) mass is 347 g/mol. The van der Waals surface area contributed by atoms with Crippen molar-refractivity contribution < 1.29 is 4.42 Å². The molecule has 2 nitrogen and oxygen atoms in total. The second-order valence-corrected chi connectivity index (χ2v) is 6.20. The number of furan rings is 1. The van der Waals surface area contributed by atoms with Gasteiger partial charge in [-0.15, -0.1) is 11.3 Å². The van der Waals surface area contributed by atoms with Gasteiger partial charge in [-0.2, -0.15) is 0 Å². The van der Waals surface area contributed by atoms with E-state index in [1.807, 2.05) is 19.1 Å². The van der Waals surface area contributed by atoms with E-state index in [4.69, 9.17) is 16.0 Å². The molecule has 0 amide bonds. The van der Waals surface area contributed by atoms with E-state index in [-0.39, 0.29) is 6.04 Å². The van der Waals surface area contributed by atoms with Crippen LogP contribution in [0.15, 0.2) is 26.6 Å². The zero-order valence-corrected chi connectivity index (χ0v) is 13.5. The van der Waals surface area contributed by atoms with E-state index in [2.05, 4.69) is 33.6 Å². The van der Waals surface area contributed by atoms with Gasteiger partial charge >= 0.3 is 0 Å². The SMILES string of the molecule is CCCNC(c1ccc(Br)o1)c1scc(C)c1Cl. The molecule has 98 valence electrons. The van der Waals surface area contributed by atoms with Gasteiger partial charge in [-0.3, -0.25) is 0 Å². The highest BCUT2D eigenvalue weighted by molar-refractivity contribution is 9.10. The zero-order valence-electron chi connectivity index (χ0n) is 10.3. The molecule has 0 fully saturated rings. The standard InChI is InChI=1S/C13H15BrClNOS/c1-3-6-16-12(9-4-5-10(14)17-9)13-11(15)8(2)7-18-13/h4-5,7,12,16H,3,6H2,1-2H3. The average Bonchev–Trinajstić information content (AvgIpc) is 2.90. The minimum Gasteiger partial charge on any atom is -0.452 e. The molecular weight excluding hydrogens is 334 g/mol. The van der Waals surface area contributed by atoms with Gasteiger partial charge in [-0.05, 0) is 58.9 Å². The molecule has 0 aromatic carbocycles. The van der Waals surface area contributed by atoms with Crippen LogP contribution in [-0.4, -0.2) is 6.54 Å². The number of nitrogens with one attached hydrogen (secondary N) is 1. The lowest BCUT2D eigenvalue weighted by Gasteiger charge is -2.15. The molecule has 2 aromatic heterocycles. The molecule has 0 aliphatic rings. The molecule has 0 aliphatic heterocycles. The topological polar surface area (TPSA) is 25.2 Å². The first-order valence-corrected chi connectivity index (χ1v) is 7.90. The van der Waals surface area contributed by atoms with Crippen LogP contribution in [0.2, 0.25) is 5.02 Å². The van der Waals surface area contributed by atoms with Crippen LogP contribution in [0.3, 0.4) is 0 Å². The summed E-state index contributed by atoms with van der Waals surface area (Å²) in [5, 5.41) is 6.39. The molecule has 18 heavy (non-hydrogen) atoms. The molecule has 0 radical (unpaired) electrons. The van der Waals surface area contributed by atoms with Crippen LogP contribution >= 0.6 is 38.9 Å². The van der Waals surface area contributed by atoms with Crippen LogP contribution in [0.25, 0.3) is 0 Å². The van der Waals surface area contributed by atoms with Gasteiger partial charge in [0.05, 0.1) is 5.02 Å². The van der Waals surface area contributed by atoms with Crippen molar-refractivity contribution in [1.29, 1.82) is 0 Å². The number of aryl methyl sites for hydroxylation is 1. The highest BCUT2D eigenvalue weighted by Crippen LogP contribution is 2.36. The van der Waals surface area contributed by atoms with E-state index in [9.17, 15) is 0 Å². The van der Waals surface area contributed by atoms with E-state index in [0.29, 0.717) is 0 Å². The first-order chi connectivity index (χ1) is 8.63. The Morgan fingerprint density at radius 2 is 2.28 bits per heavy atom. The summed E-state index contributed by atoms with van der Waals surface area (Å²) in [4.78, 5) is 1.12. The lowest BCUT2D eigenvalue weighted by atomic mass is 10.1. The zero-order chi connectivity index (χ0) is 13.1. The quantitative estimate of drug-likeness (QED) is 0.808. The number of hydrogen-bond donors (Lipinski definition) is 1. The lowest BCUT2D eigenvalue weighted by molar-refractivity contribution is 0.436. The highest BCUT2D eigenvalue weighted by atomic mass is 79.9. The van der Waals surface area contributed by atoms with Crippen molar-refractivity contribution in [2.45, 2.75) is 26.3 Å². The fourth-order valence-electron chi connectivity index (χ4n) is 1.74. The molecule has 2 rings (SSSR count). The normalized spacial score (nSPS) is 12.9. The Morgan fingerprint density at radius 3 is 2.78 bits per heavy atom. The number of hydrogen-bond acceptors (Lipinski definition) is 3. The lowest BCUT2D eigenvalue weighted by Crippen LogP contribution is -2.22. The van der Waals surface area contributed by atoms with Crippen molar-refractivity contribution in [3.05, 3.63) is 43.4 Å². The summed E-state index contributed by atoms with van der Waals surface area (Å²) in [7, 11) is 0. The number of thiophene rings is 1. The molecule has 0 spiro atoms. The van der Waals surface area contributed by atoms with Crippen LogP contribution in [0.1, 0.15) is 35.6 Å². The van der Waals surface area contributed by atoms with Crippen molar-refractivity contribution in [2.24, 2.45) is 0 Å². The maximum atomic E-state index is 6.36. The molecule has 0 aliphatic carbocycles. The molecule has 0 saturated carbocycles. The van der Waals surface area contributed by atoms with Crippen molar-refractivity contribution in [3.8, 4) is 0 Å². The first-order valence-electron chi connectivity index (χ1n) is 5.85.